The number of benzene rings is 1. The number of carbonyl (C=O) groups excluding carboxylic acids is 1. The van der Waals surface area contributed by atoms with Crippen LogP contribution >= 0.6 is 28.3 Å². The summed E-state index contributed by atoms with van der Waals surface area (Å²) in [6.07, 6.45) is 3.17. The largest absolute Gasteiger partial charge is 0.349 e. The molecule has 1 amide bonds. The van der Waals surface area contributed by atoms with Crippen molar-refractivity contribution in [2.24, 2.45) is 17.6 Å². The van der Waals surface area contributed by atoms with Gasteiger partial charge in [0.2, 0.25) is 5.91 Å². The van der Waals surface area contributed by atoms with E-state index >= 15 is 0 Å². The summed E-state index contributed by atoms with van der Waals surface area (Å²) in [5, 5.41) is 3.11. The Morgan fingerprint density at radius 2 is 2.25 bits per heavy atom. The van der Waals surface area contributed by atoms with Crippen molar-refractivity contribution in [3.63, 3.8) is 0 Å². The molecule has 0 bridgehead atoms. The second-order valence-electron chi connectivity index (χ2n) is 5.32. The Balaban J connectivity index is 0.00000200. The molecule has 0 radical (unpaired) electrons. The second-order valence-corrected chi connectivity index (χ2v) is 6.23. The highest BCUT2D eigenvalue weighted by Gasteiger charge is 2.32. The SMILES string of the molecule is CC(NC(=O)[C@@H]1CCC[C@@H]1CN)c1cccc(Br)c1.Cl. The number of carbonyl (C=O) groups is 1. The summed E-state index contributed by atoms with van der Waals surface area (Å²) in [6, 6.07) is 8.08. The van der Waals surface area contributed by atoms with Gasteiger partial charge < -0.3 is 11.1 Å². The highest BCUT2D eigenvalue weighted by molar-refractivity contribution is 9.10. The molecule has 0 heterocycles. The highest BCUT2D eigenvalue weighted by atomic mass is 79.9. The van der Waals surface area contributed by atoms with Crippen LogP contribution in [0.4, 0.5) is 0 Å². The number of amides is 1. The first-order valence-electron chi connectivity index (χ1n) is 6.87. The number of halogens is 2. The molecule has 20 heavy (non-hydrogen) atoms. The summed E-state index contributed by atoms with van der Waals surface area (Å²) in [7, 11) is 0. The van der Waals surface area contributed by atoms with Crippen LogP contribution in [0.15, 0.2) is 28.7 Å². The lowest BCUT2D eigenvalue weighted by atomic mass is 9.95. The van der Waals surface area contributed by atoms with Crippen molar-refractivity contribution in [3.05, 3.63) is 34.3 Å². The number of nitrogens with two attached hydrogens (primary N) is 1. The van der Waals surface area contributed by atoms with Gasteiger partial charge in [0.05, 0.1) is 6.04 Å². The Morgan fingerprint density at radius 3 is 2.90 bits per heavy atom. The Kier molecular flexibility index (Phi) is 7.00. The van der Waals surface area contributed by atoms with Crippen molar-refractivity contribution in [2.75, 3.05) is 6.54 Å². The smallest absolute Gasteiger partial charge is 0.223 e. The van der Waals surface area contributed by atoms with Gasteiger partial charge in [-0.2, -0.15) is 0 Å². The molecule has 3 nitrogen and oxygen atoms in total. The maximum Gasteiger partial charge on any atom is 0.223 e. The van der Waals surface area contributed by atoms with E-state index in [1.165, 1.54) is 0 Å². The number of rotatable bonds is 4. The third kappa shape index (κ3) is 4.21. The third-order valence-electron chi connectivity index (χ3n) is 4.01. The molecule has 0 spiro atoms. The molecule has 2 rings (SSSR count). The zero-order valence-electron chi connectivity index (χ0n) is 11.6. The van der Waals surface area contributed by atoms with E-state index in [-0.39, 0.29) is 30.3 Å². The molecule has 0 aromatic heterocycles. The lowest BCUT2D eigenvalue weighted by Crippen LogP contribution is -2.36. The van der Waals surface area contributed by atoms with Crippen LogP contribution in [0.3, 0.4) is 0 Å². The van der Waals surface area contributed by atoms with Gasteiger partial charge in [-0.15, -0.1) is 12.4 Å². The van der Waals surface area contributed by atoms with Crippen molar-refractivity contribution >= 4 is 34.2 Å². The predicted octanol–water partition coefficient (Wildman–Crippen LogP) is 3.42. The Labute approximate surface area is 135 Å². The molecule has 112 valence electrons. The van der Waals surface area contributed by atoms with Gasteiger partial charge in [-0.1, -0.05) is 34.5 Å². The molecule has 0 aliphatic heterocycles. The molecule has 3 atom stereocenters. The van der Waals surface area contributed by atoms with Crippen LogP contribution in [0.5, 0.6) is 0 Å². The maximum atomic E-state index is 12.3. The molecular weight excluding hydrogens is 340 g/mol. The normalized spacial score (nSPS) is 22.9. The minimum atomic E-state index is 0. The minimum absolute atomic E-state index is 0. The van der Waals surface area contributed by atoms with Gasteiger partial charge in [-0.25, -0.2) is 0 Å². The van der Waals surface area contributed by atoms with Crippen molar-refractivity contribution in [3.8, 4) is 0 Å². The van der Waals surface area contributed by atoms with Crippen LogP contribution < -0.4 is 11.1 Å². The summed E-state index contributed by atoms with van der Waals surface area (Å²) in [5.74, 6) is 0.606. The van der Waals surface area contributed by atoms with E-state index < -0.39 is 0 Å². The molecule has 3 N–H and O–H groups in total. The van der Waals surface area contributed by atoms with Crippen LogP contribution in [-0.2, 0) is 4.79 Å². The first kappa shape index (κ1) is 17.5. The van der Waals surface area contributed by atoms with E-state index in [1.54, 1.807) is 0 Å². The molecule has 1 fully saturated rings. The molecule has 1 aliphatic carbocycles. The van der Waals surface area contributed by atoms with Crippen molar-refractivity contribution in [1.82, 2.24) is 5.32 Å². The van der Waals surface area contributed by atoms with Gasteiger partial charge in [-0.3, -0.25) is 4.79 Å². The predicted molar refractivity (Wildman–Crippen MR) is 87.8 cm³/mol. The van der Waals surface area contributed by atoms with Gasteiger partial charge in [0.15, 0.2) is 0 Å². The molecule has 1 aliphatic rings. The molecule has 1 aromatic carbocycles. The quantitative estimate of drug-likeness (QED) is 0.863. The maximum absolute atomic E-state index is 12.3. The fraction of sp³-hybridized carbons (Fsp3) is 0.533. The monoisotopic (exact) mass is 360 g/mol. The molecular formula is C15H22BrClN2O. The minimum Gasteiger partial charge on any atom is -0.349 e. The van der Waals surface area contributed by atoms with E-state index in [1.807, 2.05) is 31.2 Å². The second kappa shape index (κ2) is 8.01. The van der Waals surface area contributed by atoms with Gasteiger partial charge in [-0.05, 0) is 49.9 Å². The first-order chi connectivity index (χ1) is 9.11. The number of hydrogen-bond acceptors (Lipinski definition) is 2. The third-order valence-corrected chi connectivity index (χ3v) is 4.50. The summed E-state index contributed by atoms with van der Waals surface area (Å²) in [6.45, 7) is 2.63. The topological polar surface area (TPSA) is 55.1 Å². The van der Waals surface area contributed by atoms with Crippen molar-refractivity contribution in [1.29, 1.82) is 0 Å². The highest BCUT2D eigenvalue weighted by Crippen LogP contribution is 2.31. The van der Waals surface area contributed by atoms with E-state index in [4.69, 9.17) is 5.73 Å². The van der Waals surface area contributed by atoms with Crippen LogP contribution in [0, 0.1) is 11.8 Å². The summed E-state index contributed by atoms with van der Waals surface area (Å²) in [4.78, 5) is 12.3. The number of hydrogen-bond donors (Lipinski definition) is 2. The number of nitrogens with one attached hydrogen (secondary N) is 1. The molecule has 1 aromatic rings. The molecule has 0 saturated heterocycles. The van der Waals surface area contributed by atoms with E-state index in [9.17, 15) is 4.79 Å². The van der Waals surface area contributed by atoms with E-state index in [0.717, 1.165) is 29.3 Å². The summed E-state index contributed by atoms with van der Waals surface area (Å²) in [5.41, 5.74) is 6.85. The van der Waals surface area contributed by atoms with E-state index in [2.05, 4.69) is 21.2 Å². The Morgan fingerprint density at radius 1 is 1.50 bits per heavy atom. The fourth-order valence-corrected chi connectivity index (χ4v) is 3.26. The Hall–Kier alpha value is -0.580. The van der Waals surface area contributed by atoms with Gasteiger partial charge in [0.1, 0.15) is 0 Å². The van der Waals surface area contributed by atoms with Gasteiger partial charge >= 0.3 is 0 Å². The zero-order valence-corrected chi connectivity index (χ0v) is 14.0. The summed E-state index contributed by atoms with van der Waals surface area (Å²) >= 11 is 3.45. The molecule has 1 saturated carbocycles. The first-order valence-corrected chi connectivity index (χ1v) is 7.67. The van der Waals surface area contributed by atoms with E-state index in [0.29, 0.717) is 12.5 Å². The molecule has 5 heteroatoms. The lowest BCUT2D eigenvalue weighted by Gasteiger charge is -2.21. The average molecular weight is 362 g/mol. The van der Waals surface area contributed by atoms with Crippen LogP contribution in [0.2, 0.25) is 0 Å². The average Bonchev–Trinajstić information content (AvgIpc) is 2.87. The Bertz CT molecular complexity index is 455. The standard InChI is InChI=1S/C15H21BrN2O.ClH/c1-10(11-4-2-6-13(16)8-11)18-15(19)14-7-3-5-12(14)9-17;/h2,4,6,8,10,12,14H,3,5,7,9,17H2,1H3,(H,18,19);1H/t10?,12-,14-;/m1./s1. The zero-order chi connectivity index (χ0) is 13.8. The van der Waals surface area contributed by atoms with Crippen LogP contribution in [0.1, 0.15) is 37.8 Å². The lowest BCUT2D eigenvalue weighted by molar-refractivity contribution is -0.126. The summed E-state index contributed by atoms with van der Waals surface area (Å²) < 4.78 is 1.03. The molecule has 1 unspecified atom stereocenters. The van der Waals surface area contributed by atoms with Crippen molar-refractivity contribution < 1.29 is 4.79 Å². The van der Waals surface area contributed by atoms with Crippen LogP contribution in [-0.4, -0.2) is 12.5 Å². The van der Waals surface area contributed by atoms with Crippen LogP contribution in [0.25, 0.3) is 0 Å². The van der Waals surface area contributed by atoms with Crippen molar-refractivity contribution in [2.45, 2.75) is 32.2 Å². The van der Waals surface area contributed by atoms with Gasteiger partial charge in [0, 0.05) is 10.4 Å². The van der Waals surface area contributed by atoms with Gasteiger partial charge in [0.25, 0.3) is 0 Å². The fourth-order valence-electron chi connectivity index (χ4n) is 2.84.